The molecular formula is C22H17Cl2N3O2S. The van der Waals surface area contributed by atoms with Crippen molar-refractivity contribution in [3.8, 4) is 0 Å². The molecule has 4 aromatic rings. The zero-order chi connectivity index (χ0) is 21.4. The summed E-state index contributed by atoms with van der Waals surface area (Å²) in [7, 11) is 0. The van der Waals surface area contributed by atoms with Gasteiger partial charge < -0.3 is 5.32 Å². The van der Waals surface area contributed by atoms with Crippen LogP contribution in [0.4, 0.5) is 5.69 Å². The van der Waals surface area contributed by atoms with Crippen LogP contribution in [-0.4, -0.2) is 15.5 Å². The predicted molar refractivity (Wildman–Crippen MR) is 123 cm³/mol. The van der Waals surface area contributed by atoms with Crippen molar-refractivity contribution in [3.05, 3.63) is 90.8 Å². The lowest BCUT2D eigenvalue weighted by atomic mass is 10.1. The van der Waals surface area contributed by atoms with Gasteiger partial charge in [-0.15, -0.1) is 11.3 Å². The van der Waals surface area contributed by atoms with Crippen molar-refractivity contribution in [1.29, 1.82) is 0 Å². The molecule has 0 unspecified atom stereocenters. The second-order valence-electron chi connectivity index (χ2n) is 6.88. The number of fused-ring (bicyclic) bond motifs is 1. The molecule has 0 aliphatic carbocycles. The number of hydrogen-bond acceptors (Lipinski definition) is 4. The van der Waals surface area contributed by atoms with E-state index in [9.17, 15) is 9.59 Å². The summed E-state index contributed by atoms with van der Waals surface area (Å²) in [5, 5.41) is 4.31. The number of nitrogens with one attached hydrogen (secondary N) is 1. The molecule has 2 aromatic carbocycles. The third kappa shape index (κ3) is 3.74. The third-order valence-corrected chi connectivity index (χ3v) is 6.81. The fraction of sp³-hybridized carbons (Fsp3) is 0.136. The Kier molecular flexibility index (Phi) is 5.64. The van der Waals surface area contributed by atoms with Crippen molar-refractivity contribution < 1.29 is 4.79 Å². The summed E-state index contributed by atoms with van der Waals surface area (Å²) in [4.78, 5) is 31.4. The number of benzene rings is 2. The van der Waals surface area contributed by atoms with Gasteiger partial charge in [0, 0.05) is 21.3 Å². The van der Waals surface area contributed by atoms with Crippen LogP contribution in [0.15, 0.2) is 53.6 Å². The Morgan fingerprint density at radius 1 is 1.10 bits per heavy atom. The first-order valence-electron chi connectivity index (χ1n) is 9.15. The molecule has 1 amide bonds. The van der Waals surface area contributed by atoms with Gasteiger partial charge in [-0.05, 0) is 43.2 Å². The van der Waals surface area contributed by atoms with Gasteiger partial charge in [0.1, 0.15) is 4.83 Å². The molecule has 0 atom stereocenters. The molecule has 0 spiro atoms. The van der Waals surface area contributed by atoms with Crippen molar-refractivity contribution in [2.24, 2.45) is 0 Å². The minimum absolute atomic E-state index is 0.195. The van der Waals surface area contributed by atoms with Gasteiger partial charge in [-0.2, -0.15) is 0 Å². The molecule has 0 bridgehead atoms. The third-order valence-electron chi connectivity index (χ3n) is 4.91. The smallest absolute Gasteiger partial charge is 0.266 e. The predicted octanol–water partition coefficient (Wildman–Crippen LogP) is 5.68. The fourth-order valence-corrected chi connectivity index (χ4v) is 4.79. The zero-order valence-electron chi connectivity index (χ0n) is 16.2. The van der Waals surface area contributed by atoms with E-state index in [1.807, 2.05) is 31.2 Å². The maximum absolute atomic E-state index is 13.1. The Balaban J connectivity index is 1.73. The highest BCUT2D eigenvalue weighted by Gasteiger charge is 2.20. The standard InChI is InChI=1S/C22H17Cl2N3O2S/c1-12-6-3-4-9-17(12)26-20(28)19-13(2)18-21(30-19)25-11-27(22(18)29)10-14-15(23)7-5-8-16(14)24/h3-9,11H,10H2,1-2H3,(H,26,28). The minimum Gasteiger partial charge on any atom is -0.321 e. The van der Waals surface area contributed by atoms with Crippen LogP contribution in [0.25, 0.3) is 10.2 Å². The van der Waals surface area contributed by atoms with Crippen LogP contribution in [0.1, 0.15) is 26.4 Å². The Labute approximate surface area is 186 Å². The van der Waals surface area contributed by atoms with Crippen molar-refractivity contribution in [2.45, 2.75) is 20.4 Å². The van der Waals surface area contributed by atoms with E-state index in [4.69, 9.17) is 23.2 Å². The van der Waals surface area contributed by atoms with E-state index in [-0.39, 0.29) is 18.0 Å². The second kappa shape index (κ2) is 8.22. The number of hydrogen-bond donors (Lipinski definition) is 1. The van der Waals surface area contributed by atoms with E-state index < -0.39 is 0 Å². The topological polar surface area (TPSA) is 64.0 Å². The molecule has 5 nitrogen and oxygen atoms in total. The quantitative estimate of drug-likeness (QED) is 0.428. The maximum Gasteiger partial charge on any atom is 0.266 e. The normalized spacial score (nSPS) is 11.1. The monoisotopic (exact) mass is 457 g/mol. The van der Waals surface area contributed by atoms with Gasteiger partial charge in [0.25, 0.3) is 11.5 Å². The van der Waals surface area contributed by atoms with Gasteiger partial charge in [-0.1, -0.05) is 47.5 Å². The van der Waals surface area contributed by atoms with Gasteiger partial charge in [-0.25, -0.2) is 4.98 Å². The number of carbonyl (C=O) groups is 1. The molecule has 0 aliphatic rings. The summed E-state index contributed by atoms with van der Waals surface area (Å²) in [6.07, 6.45) is 1.46. The molecule has 2 aromatic heterocycles. The zero-order valence-corrected chi connectivity index (χ0v) is 18.5. The van der Waals surface area contributed by atoms with Crippen LogP contribution in [-0.2, 0) is 6.54 Å². The number of aromatic nitrogens is 2. The van der Waals surface area contributed by atoms with Crippen molar-refractivity contribution in [1.82, 2.24) is 9.55 Å². The Hall–Kier alpha value is -2.67. The van der Waals surface area contributed by atoms with Crippen LogP contribution >= 0.6 is 34.5 Å². The molecule has 0 saturated carbocycles. The number of aryl methyl sites for hydroxylation is 2. The fourth-order valence-electron chi connectivity index (χ4n) is 3.23. The van der Waals surface area contributed by atoms with E-state index in [1.165, 1.54) is 22.2 Å². The lowest BCUT2D eigenvalue weighted by Crippen LogP contribution is -2.21. The number of carbonyl (C=O) groups excluding carboxylic acids is 1. The molecule has 0 aliphatic heterocycles. The molecule has 0 radical (unpaired) electrons. The van der Waals surface area contributed by atoms with Crippen molar-refractivity contribution >= 4 is 56.3 Å². The average molecular weight is 458 g/mol. The Morgan fingerprint density at radius 3 is 2.50 bits per heavy atom. The summed E-state index contributed by atoms with van der Waals surface area (Å²) in [5.41, 5.74) is 2.71. The number of halogens is 2. The van der Waals surface area contributed by atoms with E-state index in [2.05, 4.69) is 10.3 Å². The molecule has 30 heavy (non-hydrogen) atoms. The van der Waals surface area contributed by atoms with Crippen molar-refractivity contribution in [3.63, 3.8) is 0 Å². The number of anilines is 1. The Bertz CT molecular complexity index is 1320. The van der Waals surface area contributed by atoms with Gasteiger partial charge in [0.15, 0.2) is 0 Å². The lowest BCUT2D eigenvalue weighted by Gasteiger charge is -2.09. The van der Waals surface area contributed by atoms with Crippen LogP contribution in [0, 0.1) is 13.8 Å². The second-order valence-corrected chi connectivity index (χ2v) is 8.70. The van der Waals surface area contributed by atoms with E-state index in [0.29, 0.717) is 36.3 Å². The van der Waals surface area contributed by atoms with Gasteiger partial charge >= 0.3 is 0 Å². The Morgan fingerprint density at radius 2 is 1.80 bits per heavy atom. The van der Waals surface area contributed by atoms with Gasteiger partial charge in [0.05, 0.1) is 23.1 Å². The first-order valence-corrected chi connectivity index (χ1v) is 10.7. The first kappa shape index (κ1) is 20.6. The lowest BCUT2D eigenvalue weighted by molar-refractivity contribution is 0.103. The molecule has 1 N–H and O–H groups in total. The van der Waals surface area contributed by atoms with E-state index >= 15 is 0 Å². The average Bonchev–Trinajstić information content (AvgIpc) is 3.05. The van der Waals surface area contributed by atoms with Gasteiger partial charge in [0.2, 0.25) is 0 Å². The van der Waals surface area contributed by atoms with Crippen LogP contribution in [0.5, 0.6) is 0 Å². The van der Waals surface area contributed by atoms with Crippen LogP contribution in [0.3, 0.4) is 0 Å². The number of rotatable bonds is 4. The number of nitrogens with zero attached hydrogens (tertiary/aromatic N) is 2. The summed E-state index contributed by atoms with van der Waals surface area (Å²) in [5.74, 6) is -0.259. The van der Waals surface area contributed by atoms with Crippen LogP contribution in [0.2, 0.25) is 10.0 Å². The summed E-state index contributed by atoms with van der Waals surface area (Å²) in [6, 6.07) is 12.7. The highest BCUT2D eigenvalue weighted by atomic mass is 35.5. The molecule has 152 valence electrons. The first-order chi connectivity index (χ1) is 14.4. The highest BCUT2D eigenvalue weighted by molar-refractivity contribution is 7.20. The molecule has 0 fully saturated rings. The molecule has 4 rings (SSSR count). The number of thiophene rings is 1. The SMILES string of the molecule is Cc1ccccc1NC(=O)c1sc2ncn(Cc3c(Cl)cccc3Cl)c(=O)c2c1C. The van der Waals surface area contributed by atoms with Crippen molar-refractivity contribution in [2.75, 3.05) is 5.32 Å². The van der Waals surface area contributed by atoms with Gasteiger partial charge in [-0.3, -0.25) is 14.2 Å². The largest absolute Gasteiger partial charge is 0.321 e. The maximum atomic E-state index is 13.1. The number of amides is 1. The molecule has 2 heterocycles. The highest BCUT2D eigenvalue weighted by Crippen LogP contribution is 2.29. The number of para-hydroxylation sites is 1. The molecule has 8 heteroatoms. The summed E-state index contributed by atoms with van der Waals surface area (Å²) < 4.78 is 1.46. The van der Waals surface area contributed by atoms with E-state index in [0.717, 1.165) is 11.3 Å². The minimum atomic E-state index is -0.259. The molecule has 0 saturated heterocycles. The van der Waals surface area contributed by atoms with Crippen LogP contribution < -0.4 is 10.9 Å². The molecular weight excluding hydrogens is 441 g/mol. The summed E-state index contributed by atoms with van der Waals surface area (Å²) >= 11 is 13.7. The summed E-state index contributed by atoms with van der Waals surface area (Å²) in [6.45, 7) is 3.88. The van der Waals surface area contributed by atoms with E-state index in [1.54, 1.807) is 25.1 Å².